The van der Waals surface area contributed by atoms with E-state index < -0.39 is 0 Å². The van der Waals surface area contributed by atoms with Crippen LogP contribution in [-0.4, -0.2) is 5.78 Å². The van der Waals surface area contributed by atoms with Crippen LogP contribution in [0.1, 0.15) is 48.5 Å². The molecule has 0 bridgehead atoms. The fraction of sp³-hybridized carbons (Fsp3) is 0.462. The summed E-state index contributed by atoms with van der Waals surface area (Å²) >= 11 is 0. The molecule has 0 amide bonds. The van der Waals surface area contributed by atoms with E-state index in [0.717, 1.165) is 18.4 Å². The first-order valence-corrected chi connectivity index (χ1v) is 5.43. The zero-order valence-electron chi connectivity index (χ0n) is 9.09. The number of carbonyl (C=O) groups is 1. The van der Waals surface area contributed by atoms with Gasteiger partial charge in [-0.25, -0.2) is 4.39 Å². The second-order valence-corrected chi connectivity index (χ2v) is 4.53. The van der Waals surface area contributed by atoms with Gasteiger partial charge in [0.2, 0.25) is 0 Å². The van der Waals surface area contributed by atoms with Gasteiger partial charge in [0, 0.05) is 5.92 Å². The number of rotatable bonds is 3. The molecule has 0 spiro atoms. The van der Waals surface area contributed by atoms with E-state index in [9.17, 15) is 9.18 Å². The standard InChI is InChI=1S/C13H15FO/c1-8(2)10-5-6-12(14)11(7-10)13(15)9-3-4-9/h5-9H,3-4H2,1-2H3. The third kappa shape index (κ3) is 2.09. The van der Waals surface area contributed by atoms with Crippen molar-refractivity contribution in [3.05, 3.63) is 35.1 Å². The Morgan fingerprint density at radius 2 is 2.07 bits per heavy atom. The molecule has 0 heterocycles. The highest BCUT2D eigenvalue weighted by atomic mass is 19.1. The topological polar surface area (TPSA) is 17.1 Å². The van der Waals surface area contributed by atoms with Gasteiger partial charge < -0.3 is 0 Å². The molecular weight excluding hydrogens is 191 g/mol. The van der Waals surface area contributed by atoms with E-state index >= 15 is 0 Å². The summed E-state index contributed by atoms with van der Waals surface area (Å²) < 4.78 is 13.5. The van der Waals surface area contributed by atoms with Crippen LogP contribution in [0.25, 0.3) is 0 Å². The predicted octanol–water partition coefficient (Wildman–Crippen LogP) is 3.54. The maximum Gasteiger partial charge on any atom is 0.168 e. The molecule has 1 saturated carbocycles. The maximum absolute atomic E-state index is 13.5. The van der Waals surface area contributed by atoms with E-state index in [1.54, 1.807) is 12.1 Å². The van der Waals surface area contributed by atoms with Gasteiger partial charge in [-0.3, -0.25) is 4.79 Å². The van der Waals surface area contributed by atoms with Crippen molar-refractivity contribution in [3.8, 4) is 0 Å². The van der Waals surface area contributed by atoms with Crippen molar-refractivity contribution < 1.29 is 9.18 Å². The Kier molecular flexibility index (Phi) is 2.59. The molecule has 2 heteroatoms. The molecule has 0 aromatic heterocycles. The molecule has 0 saturated heterocycles. The minimum Gasteiger partial charge on any atom is -0.294 e. The summed E-state index contributed by atoms with van der Waals surface area (Å²) in [6.07, 6.45) is 1.84. The summed E-state index contributed by atoms with van der Waals surface area (Å²) in [5, 5.41) is 0. The van der Waals surface area contributed by atoms with Crippen molar-refractivity contribution in [3.63, 3.8) is 0 Å². The van der Waals surface area contributed by atoms with Crippen LogP contribution in [0.5, 0.6) is 0 Å². The van der Waals surface area contributed by atoms with Crippen LogP contribution >= 0.6 is 0 Å². The molecule has 0 N–H and O–H groups in total. The zero-order chi connectivity index (χ0) is 11.0. The quantitative estimate of drug-likeness (QED) is 0.691. The van der Waals surface area contributed by atoms with E-state index in [1.165, 1.54) is 6.07 Å². The second kappa shape index (κ2) is 3.76. The van der Waals surface area contributed by atoms with E-state index in [2.05, 4.69) is 0 Å². The third-order valence-corrected chi connectivity index (χ3v) is 2.87. The van der Waals surface area contributed by atoms with Gasteiger partial charge in [0.1, 0.15) is 5.82 Å². The number of halogens is 1. The number of hydrogen-bond acceptors (Lipinski definition) is 1. The normalized spacial score (nSPS) is 15.7. The van der Waals surface area contributed by atoms with E-state index in [4.69, 9.17) is 0 Å². The molecule has 1 aromatic carbocycles. The Hall–Kier alpha value is -1.18. The Labute approximate surface area is 89.3 Å². The van der Waals surface area contributed by atoms with Crippen LogP contribution in [0.3, 0.4) is 0 Å². The van der Waals surface area contributed by atoms with E-state index in [-0.39, 0.29) is 23.1 Å². The summed E-state index contributed by atoms with van der Waals surface area (Å²) in [5.41, 5.74) is 1.31. The number of Topliss-reactive ketones (excluding diaryl/α,β-unsaturated/α-hetero) is 1. The van der Waals surface area contributed by atoms with Crippen molar-refractivity contribution in [2.75, 3.05) is 0 Å². The average molecular weight is 206 g/mol. The monoisotopic (exact) mass is 206 g/mol. The first-order chi connectivity index (χ1) is 7.09. The van der Waals surface area contributed by atoms with Crippen LogP contribution < -0.4 is 0 Å². The molecule has 1 nitrogen and oxygen atoms in total. The fourth-order valence-corrected chi connectivity index (χ4v) is 1.66. The molecule has 0 aliphatic heterocycles. The van der Waals surface area contributed by atoms with Crippen LogP contribution in [0.2, 0.25) is 0 Å². The highest BCUT2D eigenvalue weighted by Gasteiger charge is 2.32. The summed E-state index contributed by atoms with van der Waals surface area (Å²) in [5.74, 6) is 0.0181. The maximum atomic E-state index is 13.5. The summed E-state index contributed by atoms with van der Waals surface area (Å²) in [6.45, 7) is 4.08. The summed E-state index contributed by atoms with van der Waals surface area (Å²) in [7, 11) is 0. The van der Waals surface area contributed by atoms with Crippen molar-refractivity contribution in [1.82, 2.24) is 0 Å². The molecule has 1 aliphatic carbocycles. The van der Waals surface area contributed by atoms with Gasteiger partial charge in [0.25, 0.3) is 0 Å². The largest absolute Gasteiger partial charge is 0.294 e. The predicted molar refractivity (Wildman–Crippen MR) is 57.5 cm³/mol. The minimum absolute atomic E-state index is 0.0185. The molecule has 15 heavy (non-hydrogen) atoms. The van der Waals surface area contributed by atoms with Crippen LogP contribution in [0, 0.1) is 11.7 Å². The lowest BCUT2D eigenvalue weighted by atomic mass is 9.97. The molecule has 0 unspecified atom stereocenters. The molecule has 1 fully saturated rings. The molecule has 2 rings (SSSR count). The van der Waals surface area contributed by atoms with E-state index in [1.807, 2.05) is 13.8 Å². The molecule has 0 atom stereocenters. The lowest BCUT2D eigenvalue weighted by molar-refractivity contribution is 0.0963. The number of hydrogen-bond donors (Lipinski definition) is 0. The van der Waals surface area contributed by atoms with Crippen LogP contribution in [0.4, 0.5) is 4.39 Å². The van der Waals surface area contributed by atoms with Crippen molar-refractivity contribution in [2.45, 2.75) is 32.6 Å². The highest BCUT2D eigenvalue weighted by molar-refractivity contribution is 5.99. The van der Waals surface area contributed by atoms with Gasteiger partial charge in [-0.2, -0.15) is 0 Å². The lowest BCUT2D eigenvalue weighted by Gasteiger charge is -2.08. The lowest BCUT2D eigenvalue weighted by Crippen LogP contribution is -2.05. The van der Waals surface area contributed by atoms with Gasteiger partial charge in [-0.15, -0.1) is 0 Å². The minimum atomic E-state index is -0.378. The SMILES string of the molecule is CC(C)c1ccc(F)c(C(=O)C2CC2)c1. The molecule has 0 radical (unpaired) electrons. The van der Waals surface area contributed by atoms with Crippen molar-refractivity contribution in [1.29, 1.82) is 0 Å². The molecule has 1 aliphatic rings. The second-order valence-electron chi connectivity index (χ2n) is 4.53. The van der Waals surface area contributed by atoms with Gasteiger partial charge in [0.15, 0.2) is 5.78 Å². The van der Waals surface area contributed by atoms with Gasteiger partial charge in [-0.1, -0.05) is 19.9 Å². The number of carbonyl (C=O) groups excluding carboxylic acids is 1. The third-order valence-electron chi connectivity index (χ3n) is 2.87. The summed E-state index contributed by atoms with van der Waals surface area (Å²) in [6, 6.07) is 4.87. The van der Waals surface area contributed by atoms with Crippen molar-refractivity contribution in [2.24, 2.45) is 5.92 Å². The van der Waals surface area contributed by atoms with Gasteiger partial charge in [-0.05, 0) is 36.5 Å². The van der Waals surface area contributed by atoms with E-state index in [0.29, 0.717) is 5.92 Å². The van der Waals surface area contributed by atoms with Gasteiger partial charge >= 0.3 is 0 Å². The van der Waals surface area contributed by atoms with Crippen LogP contribution in [0.15, 0.2) is 18.2 Å². The Balaban J connectivity index is 2.35. The first kappa shape index (κ1) is 10.3. The number of benzene rings is 1. The number of ketones is 1. The zero-order valence-corrected chi connectivity index (χ0v) is 9.09. The smallest absolute Gasteiger partial charge is 0.168 e. The molecule has 80 valence electrons. The first-order valence-electron chi connectivity index (χ1n) is 5.43. The van der Waals surface area contributed by atoms with Crippen molar-refractivity contribution >= 4 is 5.78 Å². The van der Waals surface area contributed by atoms with Gasteiger partial charge in [0.05, 0.1) is 5.56 Å². The van der Waals surface area contributed by atoms with Crippen LogP contribution in [-0.2, 0) is 0 Å². The fourth-order valence-electron chi connectivity index (χ4n) is 1.66. The Morgan fingerprint density at radius 1 is 1.40 bits per heavy atom. The molecular formula is C13H15FO. The molecule has 1 aromatic rings. The average Bonchev–Trinajstić information content (AvgIpc) is 3.00. The highest BCUT2D eigenvalue weighted by Crippen LogP contribution is 2.33. The summed E-state index contributed by atoms with van der Waals surface area (Å²) in [4.78, 5) is 11.8. The Morgan fingerprint density at radius 3 is 2.60 bits per heavy atom. The Bertz CT molecular complexity index is 392.